The molecule has 1 unspecified atom stereocenters. The number of allylic oxidation sites excluding steroid dienone is 3. The van der Waals surface area contributed by atoms with Crippen LogP contribution in [0.4, 0.5) is 17.3 Å². The monoisotopic (exact) mass is 271 g/mol. The molecule has 5 nitrogen and oxygen atoms in total. The van der Waals surface area contributed by atoms with Crippen LogP contribution in [0.3, 0.4) is 0 Å². The van der Waals surface area contributed by atoms with E-state index < -0.39 is 0 Å². The molecule has 2 aliphatic rings. The van der Waals surface area contributed by atoms with Crippen LogP contribution in [-0.4, -0.2) is 23.2 Å². The van der Waals surface area contributed by atoms with Crippen LogP contribution >= 0.6 is 0 Å². The van der Waals surface area contributed by atoms with Gasteiger partial charge in [0.25, 0.3) is 0 Å². The van der Waals surface area contributed by atoms with E-state index in [1.54, 1.807) is 6.33 Å². The summed E-state index contributed by atoms with van der Waals surface area (Å²) in [5, 5.41) is 9.87. The van der Waals surface area contributed by atoms with Crippen molar-refractivity contribution in [2.45, 2.75) is 26.7 Å². The Morgan fingerprint density at radius 3 is 3.15 bits per heavy atom. The molecule has 0 saturated carbocycles. The minimum absolute atomic E-state index is 0.612. The third-order valence-corrected chi connectivity index (χ3v) is 3.72. The molecule has 1 aromatic heterocycles. The number of nitrogens with zero attached hydrogens (tertiary/aromatic N) is 2. The van der Waals surface area contributed by atoms with E-state index in [0.717, 1.165) is 36.7 Å². The van der Waals surface area contributed by atoms with Crippen molar-refractivity contribution in [3.05, 3.63) is 29.6 Å². The molecule has 1 aliphatic carbocycles. The summed E-state index contributed by atoms with van der Waals surface area (Å²) < 4.78 is 0. The fourth-order valence-electron chi connectivity index (χ4n) is 2.79. The van der Waals surface area contributed by atoms with Crippen molar-refractivity contribution < 1.29 is 0 Å². The van der Waals surface area contributed by atoms with Crippen molar-refractivity contribution in [1.29, 1.82) is 0 Å². The van der Waals surface area contributed by atoms with Crippen molar-refractivity contribution in [2.24, 2.45) is 5.92 Å². The first-order valence-corrected chi connectivity index (χ1v) is 7.14. The van der Waals surface area contributed by atoms with Crippen molar-refractivity contribution >= 4 is 17.3 Å². The average Bonchev–Trinajstić information content (AvgIpc) is 2.84. The van der Waals surface area contributed by atoms with Gasteiger partial charge in [-0.05, 0) is 25.7 Å². The van der Waals surface area contributed by atoms with Gasteiger partial charge in [0.15, 0.2) is 11.6 Å². The lowest BCUT2D eigenvalue weighted by atomic mass is 10.0. The summed E-state index contributed by atoms with van der Waals surface area (Å²) >= 11 is 0. The summed E-state index contributed by atoms with van der Waals surface area (Å²) in [6, 6.07) is 0. The second-order valence-corrected chi connectivity index (χ2v) is 5.59. The quantitative estimate of drug-likeness (QED) is 0.738. The third-order valence-electron chi connectivity index (χ3n) is 3.72. The van der Waals surface area contributed by atoms with E-state index >= 15 is 0 Å². The molecule has 0 radical (unpaired) electrons. The Hall–Kier alpha value is -2.04. The SMILES string of the molecule is CC1=CC(C)CC(CNc2ncnc3c2NCN3)=CC1. The van der Waals surface area contributed by atoms with Gasteiger partial charge in [-0.25, -0.2) is 9.97 Å². The van der Waals surface area contributed by atoms with Crippen LogP contribution in [0.5, 0.6) is 0 Å². The Bertz CT molecular complexity index is 561. The summed E-state index contributed by atoms with van der Waals surface area (Å²) in [5.41, 5.74) is 3.88. The number of aromatic nitrogens is 2. The number of anilines is 3. The Kier molecular flexibility index (Phi) is 3.58. The van der Waals surface area contributed by atoms with Crippen LogP contribution in [-0.2, 0) is 0 Å². The lowest BCUT2D eigenvalue weighted by Crippen LogP contribution is -2.09. The molecule has 3 N–H and O–H groups in total. The topological polar surface area (TPSA) is 61.9 Å². The summed E-state index contributed by atoms with van der Waals surface area (Å²) in [7, 11) is 0. The van der Waals surface area contributed by atoms with Crippen LogP contribution in [0.15, 0.2) is 29.6 Å². The molecule has 1 atom stereocenters. The van der Waals surface area contributed by atoms with E-state index in [1.165, 1.54) is 11.1 Å². The summed E-state index contributed by atoms with van der Waals surface area (Å²) in [4.78, 5) is 8.53. The lowest BCUT2D eigenvalue weighted by Gasteiger charge is -2.13. The molecule has 0 saturated heterocycles. The molecule has 0 spiro atoms. The zero-order chi connectivity index (χ0) is 13.9. The molecular weight excluding hydrogens is 250 g/mol. The van der Waals surface area contributed by atoms with Gasteiger partial charge in [0, 0.05) is 6.54 Å². The standard InChI is InChI=1S/C15H21N5/c1-10-3-4-12(6-11(2)5-10)7-16-14-13-15(18-8-17-13)20-9-19-14/h4-5,9,11,17H,3,6-8H2,1-2H3,(H2,16,18,19,20). The van der Waals surface area contributed by atoms with Crippen LogP contribution < -0.4 is 16.0 Å². The number of nitrogens with one attached hydrogen (secondary N) is 3. The highest BCUT2D eigenvalue weighted by molar-refractivity contribution is 5.80. The minimum Gasteiger partial charge on any atom is -0.364 e. The Morgan fingerprint density at radius 2 is 2.25 bits per heavy atom. The first-order chi connectivity index (χ1) is 9.72. The highest BCUT2D eigenvalue weighted by Crippen LogP contribution is 2.30. The van der Waals surface area contributed by atoms with Gasteiger partial charge >= 0.3 is 0 Å². The lowest BCUT2D eigenvalue weighted by molar-refractivity contribution is 0.710. The number of fused-ring (bicyclic) bond motifs is 1. The Labute approximate surface area is 119 Å². The van der Waals surface area contributed by atoms with E-state index in [1.807, 2.05) is 0 Å². The number of hydrogen-bond donors (Lipinski definition) is 3. The first kappa shape index (κ1) is 13.0. The van der Waals surface area contributed by atoms with Crippen molar-refractivity contribution in [2.75, 3.05) is 29.2 Å². The molecular formula is C15H21N5. The zero-order valence-corrected chi connectivity index (χ0v) is 12.0. The molecule has 0 fully saturated rings. The molecule has 0 bridgehead atoms. The van der Waals surface area contributed by atoms with Gasteiger partial charge in [0.05, 0.1) is 6.67 Å². The molecule has 106 valence electrons. The van der Waals surface area contributed by atoms with Gasteiger partial charge in [-0.2, -0.15) is 0 Å². The highest BCUT2D eigenvalue weighted by Gasteiger charge is 2.16. The minimum atomic E-state index is 0.612. The van der Waals surface area contributed by atoms with Crippen molar-refractivity contribution in [3.63, 3.8) is 0 Å². The summed E-state index contributed by atoms with van der Waals surface area (Å²) in [6.07, 6.45) is 8.48. The maximum atomic E-state index is 4.33. The van der Waals surface area contributed by atoms with Crippen LogP contribution in [0.1, 0.15) is 26.7 Å². The van der Waals surface area contributed by atoms with Gasteiger partial charge < -0.3 is 16.0 Å². The molecule has 0 amide bonds. The Morgan fingerprint density at radius 1 is 1.35 bits per heavy atom. The second-order valence-electron chi connectivity index (χ2n) is 5.59. The maximum absolute atomic E-state index is 4.33. The fourth-order valence-corrected chi connectivity index (χ4v) is 2.79. The Balaban J connectivity index is 1.67. The van der Waals surface area contributed by atoms with E-state index in [0.29, 0.717) is 12.6 Å². The van der Waals surface area contributed by atoms with Gasteiger partial charge in [-0.3, -0.25) is 0 Å². The predicted octanol–water partition coefficient (Wildman–Crippen LogP) is 2.99. The maximum Gasteiger partial charge on any atom is 0.156 e. The van der Waals surface area contributed by atoms with Crippen LogP contribution in [0.25, 0.3) is 0 Å². The van der Waals surface area contributed by atoms with Crippen LogP contribution in [0, 0.1) is 5.92 Å². The number of rotatable bonds is 3. The third kappa shape index (κ3) is 2.76. The summed E-state index contributed by atoms with van der Waals surface area (Å²) in [6.45, 7) is 6.04. The van der Waals surface area contributed by atoms with Gasteiger partial charge in [0.2, 0.25) is 0 Å². The highest BCUT2D eigenvalue weighted by atomic mass is 15.2. The molecule has 0 aromatic carbocycles. The molecule has 2 heterocycles. The molecule has 20 heavy (non-hydrogen) atoms. The van der Waals surface area contributed by atoms with E-state index in [9.17, 15) is 0 Å². The molecule has 3 rings (SSSR count). The van der Waals surface area contributed by atoms with Gasteiger partial charge in [-0.1, -0.05) is 30.2 Å². The number of hydrogen-bond acceptors (Lipinski definition) is 5. The van der Waals surface area contributed by atoms with E-state index in [2.05, 4.69) is 51.9 Å². The van der Waals surface area contributed by atoms with E-state index in [-0.39, 0.29) is 0 Å². The first-order valence-electron chi connectivity index (χ1n) is 7.14. The van der Waals surface area contributed by atoms with Crippen molar-refractivity contribution in [1.82, 2.24) is 9.97 Å². The molecule has 1 aromatic rings. The van der Waals surface area contributed by atoms with Crippen LogP contribution in [0.2, 0.25) is 0 Å². The average molecular weight is 271 g/mol. The molecule has 5 heteroatoms. The zero-order valence-electron chi connectivity index (χ0n) is 12.0. The van der Waals surface area contributed by atoms with Gasteiger partial charge in [0.1, 0.15) is 12.0 Å². The van der Waals surface area contributed by atoms with E-state index in [4.69, 9.17) is 0 Å². The summed E-state index contributed by atoms with van der Waals surface area (Å²) in [5.74, 6) is 2.37. The normalized spacial score (nSPS) is 21.0. The van der Waals surface area contributed by atoms with Gasteiger partial charge in [-0.15, -0.1) is 0 Å². The van der Waals surface area contributed by atoms with Crippen molar-refractivity contribution in [3.8, 4) is 0 Å². The predicted molar refractivity (Wildman–Crippen MR) is 82.9 cm³/mol. The second kappa shape index (κ2) is 5.53. The molecule has 1 aliphatic heterocycles. The largest absolute Gasteiger partial charge is 0.364 e. The fraction of sp³-hybridized carbons (Fsp3) is 0.467. The smallest absolute Gasteiger partial charge is 0.156 e.